The number of nitrogens with zero attached hydrogens (tertiary/aromatic N) is 4. The molecule has 0 saturated heterocycles. The normalized spacial score (nSPS) is 12.1. The number of carbonyl (C=O) groups excluding carboxylic acids is 1. The van der Waals surface area contributed by atoms with Gasteiger partial charge >= 0.3 is 0 Å². The van der Waals surface area contributed by atoms with Crippen molar-refractivity contribution < 1.29 is 9.53 Å². The summed E-state index contributed by atoms with van der Waals surface area (Å²) in [4.78, 5) is 17.9. The van der Waals surface area contributed by atoms with Crippen molar-refractivity contribution in [3.8, 4) is 5.75 Å². The van der Waals surface area contributed by atoms with Crippen molar-refractivity contribution in [3.05, 3.63) is 40.5 Å². The van der Waals surface area contributed by atoms with Crippen LogP contribution in [0.2, 0.25) is 0 Å². The number of amides is 1. The molecule has 3 rings (SSSR count). The standard InChI is InChI=1S/C18H22N4O2S2/c1-5-22-15(10-12(2)20-22)17(23)19-18-21(8-9-25-4)14-11-13(24-3)6-7-16(14)26-18/h6-7,10-11H,5,8-9H2,1-4H3. The third-order valence-electron chi connectivity index (χ3n) is 4.03. The van der Waals surface area contributed by atoms with Crippen LogP contribution < -0.4 is 9.54 Å². The Morgan fingerprint density at radius 1 is 1.38 bits per heavy atom. The molecular weight excluding hydrogens is 368 g/mol. The molecular formula is C18H22N4O2S2. The molecule has 26 heavy (non-hydrogen) atoms. The Morgan fingerprint density at radius 3 is 2.88 bits per heavy atom. The van der Waals surface area contributed by atoms with Gasteiger partial charge in [0.25, 0.3) is 5.91 Å². The summed E-state index contributed by atoms with van der Waals surface area (Å²) in [5, 5.41) is 4.34. The number of thiazole rings is 1. The van der Waals surface area contributed by atoms with Gasteiger partial charge in [0.2, 0.25) is 0 Å². The zero-order valence-electron chi connectivity index (χ0n) is 15.4. The molecule has 0 N–H and O–H groups in total. The van der Waals surface area contributed by atoms with E-state index >= 15 is 0 Å². The number of aryl methyl sites for hydroxylation is 3. The van der Waals surface area contributed by atoms with E-state index < -0.39 is 0 Å². The summed E-state index contributed by atoms with van der Waals surface area (Å²) in [7, 11) is 1.66. The second-order valence-corrected chi connectivity index (χ2v) is 7.76. The lowest BCUT2D eigenvalue weighted by Crippen LogP contribution is -2.19. The number of aromatic nitrogens is 3. The Bertz CT molecular complexity index is 1000. The lowest BCUT2D eigenvalue weighted by atomic mass is 10.3. The first-order valence-corrected chi connectivity index (χ1v) is 10.6. The van der Waals surface area contributed by atoms with E-state index in [2.05, 4.69) is 20.9 Å². The maximum atomic E-state index is 12.8. The zero-order valence-corrected chi connectivity index (χ0v) is 17.0. The van der Waals surface area contributed by atoms with Gasteiger partial charge < -0.3 is 9.30 Å². The van der Waals surface area contributed by atoms with Crippen molar-refractivity contribution in [1.82, 2.24) is 14.3 Å². The molecule has 2 aromatic heterocycles. The molecule has 3 aromatic rings. The first-order chi connectivity index (χ1) is 12.6. The highest BCUT2D eigenvalue weighted by molar-refractivity contribution is 7.98. The van der Waals surface area contributed by atoms with E-state index in [1.165, 1.54) is 11.3 Å². The van der Waals surface area contributed by atoms with Crippen LogP contribution in [0, 0.1) is 6.92 Å². The van der Waals surface area contributed by atoms with Gasteiger partial charge in [-0.15, -0.1) is 0 Å². The van der Waals surface area contributed by atoms with Crippen molar-refractivity contribution >= 4 is 39.2 Å². The fourth-order valence-electron chi connectivity index (χ4n) is 2.76. The molecule has 0 radical (unpaired) electrons. The Kier molecular flexibility index (Phi) is 5.83. The van der Waals surface area contributed by atoms with Crippen molar-refractivity contribution in [2.75, 3.05) is 19.1 Å². The molecule has 0 saturated carbocycles. The van der Waals surface area contributed by atoms with Crippen LogP contribution in [0.15, 0.2) is 29.3 Å². The van der Waals surface area contributed by atoms with Crippen LogP contribution in [-0.2, 0) is 13.1 Å². The number of carbonyl (C=O) groups is 1. The fraction of sp³-hybridized carbons (Fsp3) is 0.389. The van der Waals surface area contributed by atoms with Crippen LogP contribution in [0.1, 0.15) is 23.1 Å². The van der Waals surface area contributed by atoms with E-state index in [0.29, 0.717) is 17.0 Å². The van der Waals surface area contributed by atoms with E-state index in [-0.39, 0.29) is 5.91 Å². The average molecular weight is 391 g/mol. The summed E-state index contributed by atoms with van der Waals surface area (Å²) in [5.74, 6) is 1.48. The molecule has 0 spiro atoms. The van der Waals surface area contributed by atoms with Crippen LogP contribution in [0.5, 0.6) is 5.75 Å². The van der Waals surface area contributed by atoms with Crippen molar-refractivity contribution in [2.24, 2.45) is 4.99 Å². The lowest BCUT2D eigenvalue weighted by Gasteiger charge is -2.05. The summed E-state index contributed by atoms with van der Waals surface area (Å²) < 4.78 is 10.2. The van der Waals surface area contributed by atoms with Gasteiger partial charge in [-0.05, 0) is 38.3 Å². The summed E-state index contributed by atoms with van der Waals surface area (Å²) in [6, 6.07) is 7.73. The van der Waals surface area contributed by atoms with Crippen LogP contribution >= 0.6 is 23.1 Å². The summed E-state index contributed by atoms with van der Waals surface area (Å²) in [6.07, 6.45) is 2.07. The fourth-order valence-corrected chi connectivity index (χ4v) is 4.16. The molecule has 0 aliphatic rings. The van der Waals surface area contributed by atoms with Gasteiger partial charge in [0, 0.05) is 24.9 Å². The Labute approximate surface area is 160 Å². The van der Waals surface area contributed by atoms with E-state index in [4.69, 9.17) is 4.74 Å². The van der Waals surface area contributed by atoms with Gasteiger partial charge in [0.1, 0.15) is 11.4 Å². The molecule has 6 nitrogen and oxygen atoms in total. The van der Waals surface area contributed by atoms with E-state index in [1.54, 1.807) is 29.6 Å². The smallest absolute Gasteiger partial charge is 0.297 e. The molecule has 1 amide bonds. The predicted octanol–water partition coefficient (Wildman–Crippen LogP) is 3.34. The minimum absolute atomic E-state index is 0.260. The zero-order chi connectivity index (χ0) is 18.7. The molecule has 0 unspecified atom stereocenters. The SMILES string of the molecule is CCn1nc(C)cc1C(=O)N=c1sc2ccc(OC)cc2n1CCSC. The maximum Gasteiger partial charge on any atom is 0.297 e. The third kappa shape index (κ3) is 3.71. The van der Waals surface area contributed by atoms with Gasteiger partial charge in [-0.25, -0.2) is 0 Å². The minimum Gasteiger partial charge on any atom is -0.497 e. The molecule has 2 heterocycles. The Balaban J connectivity index is 2.12. The monoisotopic (exact) mass is 390 g/mol. The van der Waals surface area contributed by atoms with Crippen LogP contribution in [0.4, 0.5) is 0 Å². The van der Waals surface area contributed by atoms with Crippen LogP contribution in [0.3, 0.4) is 0 Å². The molecule has 0 aliphatic heterocycles. The number of hydrogen-bond acceptors (Lipinski definition) is 5. The van der Waals surface area contributed by atoms with Gasteiger partial charge in [-0.2, -0.15) is 21.9 Å². The van der Waals surface area contributed by atoms with Crippen molar-refractivity contribution in [3.63, 3.8) is 0 Å². The number of hydrogen-bond donors (Lipinski definition) is 0. The third-order valence-corrected chi connectivity index (χ3v) is 5.68. The molecule has 8 heteroatoms. The van der Waals surface area contributed by atoms with Gasteiger partial charge in [0.05, 0.1) is 23.0 Å². The Hall–Kier alpha value is -2.06. The molecule has 1 aromatic carbocycles. The highest BCUT2D eigenvalue weighted by Crippen LogP contribution is 2.23. The number of thioether (sulfide) groups is 1. The number of fused-ring (bicyclic) bond motifs is 1. The summed E-state index contributed by atoms with van der Waals surface area (Å²) in [5.41, 5.74) is 2.38. The molecule has 0 atom stereocenters. The van der Waals surface area contributed by atoms with Gasteiger partial charge in [0.15, 0.2) is 4.80 Å². The molecule has 138 valence electrons. The predicted molar refractivity (Wildman–Crippen MR) is 107 cm³/mol. The quantitative estimate of drug-likeness (QED) is 0.648. The Morgan fingerprint density at radius 2 is 2.19 bits per heavy atom. The number of methoxy groups -OCH3 is 1. The van der Waals surface area contributed by atoms with Crippen molar-refractivity contribution in [2.45, 2.75) is 26.9 Å². The van der Waals surface area contributed by atoms with Crippen molar-refractivity contribution in [1.29, 1.82) is 0 Å². The topological polar surface area (TPSA) is 61.4 Å². The van der Waals surface area contributed by atoms with Gasteiger partial charge in [-0.3, -0.25) is 9.48 Å². The van der Waals surface area contributed by atoms with Gasteiger partial charge in [-0.1, -0.05) is 11.3 Å². The number of rotatable bonds is 6. The second kappa shape index (κ2) is 8.09. The second-order valence-electron chi connectivity index (χ2n) is 5.77. The summed E-state index contributed by atoms with van der Waals surface area (Å²) in [6.45, 7) is 5.27. The molecule has 0 fully saturated rings. The average Bonchev–Trinajstić information content (AvgIpc) is 3.19. The highest BCUT2D eigenvalue weighted by Gasteiger charge is 2.14. The molecule has 0 aliphatic carbocycles. The maximum absolute atomic E-state index is 12.8. The van der Waals surface area contributed by atoms with E-state index in [9.17, 15) is 4.79 Å². The van der Waals surface area contributed by atoms with Crippen LogP contribution in [-0.4, -0.2) is 39.4 Å². The first kappa shape index (κ1) is 18.7. The summed E-state index contributed by atoms with van der Waals surface area (Å²) >= 11 is 3.28. The van der Waals surface area contributed by atoms with E-state index in [1.807, 2.05) is 32.0 Å². The van der Waals surface area contributed by atoms with E-state index in [0.717, 1.165) is 34.0 Å². The minimum atomic E-state index is -0.260. The number of ether oxygens (including phenoxy) is 1. The largest absolute Gasteiger partial charge is 0.497 e. The first-order valence-electron chi connectivity index (χ1n) is 8.37. The lowest BCUT2D eigenvalue weighted by molar-refractivity contribution is 0.0987. The number of benzene rings is 1. The highest BCUT2D eigenvalue weighted by atomic mass is 32.2. The molecule has 0 bridgehead atoms. The van der Waals surface area contributed by atoms with Crippen LogP contribution in [0.25, 0.3) is 10.2 Å².